The Morgan fingerprint density at radius 2 is 2.17 bits per heavy atom. The van der Waals surface area contributed by atoms with Crippen LogP contribution in [0.5, 0.6) is 0 Å². The summed E-state index contributed by atoms with van der Waals surface area (Å²) in [6.45, 7) is 2.84. The van der Waals surface area contributed by atoms with Gasteiger partial charge in [0.2, 0.25) is 5.91 Å². The number of aryl methyl sites for hydroxylation is 1. The fourth-order valence-corrected chi connectivity index (χ4v) is 2.22. The molecule has 1 fully saturated rings. The lowest BCUT2D eigenvalue weighted by atomic mass is 10.0. The number of hydrogen-bond acceptors (Lipinski definition) is 3. The first-order valence-corrected chi connectivity index (χ1v) is 6.39. The van der Waals surface area contributed by atoms with Crippen LogP contribution in [0.4, 0.5) is 0 Å². The summed E-state index contributed by atoms with van der Waals surface area (Å²) in [6.07, 6.45) is 2.56. The van der Waals surface area contributed by atoms with Crippen LogP contribution in [0.3, 0.4) is 0 Å². The largest absolute Gasteiger partial charge is 0.306 e. The van der Waals surface area contributed by atoms with Crippen molar-refractivity contribution in [3.05, 3.63) is 35.4 Å². The average Bonchev–Trinajstić information content (AvgIpc) is 2.92. The van der Waals surface area contributed by atoms with Gasteiger partial charge in [-0.15, -0.1) is 0 Å². The lowest BCUT2D eigenvalue weighted by Gasteiger charge is -2.11. The molecule has 1 aromatic carbocycles. The molecular weight excluding hydrogens is 228 g/mol. The maximum absolute atomic E-state index is 12.0. The number of rotatable bonds is 3. The van der Waals surface area contributed by atoms with Gasteiger partial charge in [-0.3, -0.25) is 14.9 Å². The van der Waals surface area contributed by atoms with E-state index >= 15 is 0 Å². The van der Waals surface area contributed by atoms with Crippen molar-refractivity contribution in [3.8, 4) is 0 Å². The van der Waals surface area contributed by atoms with Gasteiger partial charge in [-0.1, -0.05) is 25.1 Å². The van der Waals surface area contributed by atoms with Gasteiger partial charge in [-0.05, 0) is 37.4 Å². The van der Waals surface area contributed by atoms with E-state index in [-0.39, 0.29) is 17.9 Å². The first kappa shape index (κ1) is 12.8. The molecule has 4 nitrogen and oxygen atoms in total. The van der Waals surface area contributed by atoms with E-state index in [1.807, 2.05) is 25.1 Å². The second-order valence-corrected chi connectivity index (χ2v) is 4.48. The molecule has 1 unspecified atom stereocenters. The third-order valence-corrected chi connectivity index (χ3v) is 3.26. The Labute approximate surface area is 107 Å². The minimum Gasteiger partial charge on any atom is -0.306 e. The van der Waals surface area contributed by atoms with E-state index in [4.69, 9.17) is 0 Å². The molecular formula is C14H18N2O2. The lowest BCUT2D eigenvalue weighted by molar-refractivity contribution is -0.121. The monoisotopic (exact) mass is 246 g/mol. The minimum absolute atomic E-state index is 0.219. The molecule has 0 spiro atoms. The third kappa shape index (κ3) is 2.76. The number of nitrogens with one attached hydrogen (secondary N) is 2. The predicted octanol–water partition coefficient (Wildman–Crippen LogP) is 1.26. The summed E-state index contributed by atoms with van der Waals surface area (Å²) >= 11 is 0. The molecule has 1 aliphatic heterocycles. The first-order valence-electron chi connectivity index (χ1n) is 6.39. The molecule has 0 aromatic heterocycles. The number of imide groups is 1. The molecule has 18 heavy (non-hydrogen) atoms. The van der Waals surface area contributed by atoms with E-state index in [1.165, 1.54) is 0 Å². The third-order valence-electron chi connectivity index (χ3n) is 3.26. The Morgan fingerprint density at radius 3 is 2.83 bits per heavy atom. The summed E-state index contributed by atoms with van der Waals surface area (Å²) in [5.41, 5.74) is 1.55. The molecule has 1 heterocycles. The van der Waals surface area contributed by atoms with E-state index in [1.54, 1.807) is 6.07 Å². The van der Waals surface area contributed by atoms with Crippen LogP contribution in [0.15, 0.2) is 24.3 Å². The second kappa shape index (κ2) is 5.78. The highest BCUT2D eigenvalue weighted by Crippen LogP contribution is 2.10. The van der Waals surface area contributed by atoms with Crippen LogP contribution < -0.4 is 10.6 Å². The van der Waals surface area contributed by atoms with Gasteiger partial charge in [0.1, 0.15) is 0 Å². The topological polar surface area (TPSA) is 58.2 Å². The Kier molecular flexibility index (Phi) is 4.10. The highest BCUT2D eigenvalue weighted by molar-refractivity contribution is 6.06. The molecule has 1 aliphatic rings. The van der Waals surface area contributed by atoms with Crippen LogP contribution in [0.2, 0.25) is 0 Å². The summed E-state index contributed by atoms with van der Waals surface area (Å²) < 4.78 is 0. The van der Waals surface area contributed by atoms with Gasteiger partial charge in [0.25, 0.3) is 5.91 Å². The summed E-state index contributed by atoms with van der Waals surface area (Å²) in [7, 11) is 0. The van der Waals surface area contributed by atoms with E-state index in [9.17, 15) is 9.59 Å². The van der Waals surface area contributed by atoms with Crippen molar-refractivity contribution in [2.45, 2.75) is 32.2 Å². The molecule has 1 saturated heterocycles. The molecule has 1 atom stereocenters. The van der Waals surface area contributed by atoms with Crippen molar-refractivity contribution >= 4 is 11.8 Å². The molecule has 0 bridgehead atoms. The zero-order valence-electron chi connectivity index (χ0n) is 10.5. The smallest absolute Gasteiger partial charge is 0.258 e. The van der Waals surface area contributed by atoms with E-state index in [0.717, 1.165) is 31.4 Å². The van der Waals surface area contributed by atoms with Gasteiger partial charge in [0, 0.05) is 5.56 Å². The van der Waals surface area contributed by atoms with Crippen LogP contribution in [-0.4, -0.2) is 24.4 Å². The van der Waals surface area contributed by atoms with Crippen LogP contribution in [0.25, 0.3) is 0 Å². The zero-order chi connectivity index (χ0) is 13.0. The summed E-state index contributed by atoms with van der Waals surface area (Å²) in [4.78, 5) is 23.9. The van der Waals surface area contributed by atoms with Crippen molar-refractivity contribution in [1.29, 1.82) is 0 Å². The zero-order valence-corrected chi connectivity index (χ0v) is 10.5. The Hall–Kier alpha value is -1.68. The van der Waals surface area contributed by atoms with Gasteiger partial charge in [0.15, 0.2) is 0 Å². The lowest BCUT2D eigenvalue weighted by Crippen LogP contribution is -2.43. The molecule has 4 heteroatoms. The molecule has 2 N–H and O–H groups in total. The van der Waals surface area contributed by atoms with E-state index in [0.29, 0.717) is 5.56 Å². The highest BCUT2D eigenvalue weighted by atomic mass is 16.2. The van der Waals surface area contributed by atoms with Crippen molar-refractivity contribution < 1.29 is 9.59 Å². The first-order chi connectivity index (χ1) is 8.72. The molecule has 1 aromatic rings. The number of carbonyl (C=O) groups is 2. The van der Waals surface area contributed by atoms with Gasteiger partial charge < -0.3 is 5.32 Å². The Balaban J connectivity index is 2.05. The average molecular weight is 246 g/mol. The number of carbonyl (C=O) groups excluding carboxylic acids is 2. The number of amides is 2. The maximum Gasteiger partial charge on any atom is 0.258 e. The fraction of sp³-hybridized carbons (Fsp3) is 0.429. The SMILES string of the molecule is CCc1ccccc1C(=O)NC(=O)C1CCCN1. The Bertz CT molecular complexity index is 451. The van der Waals surface area contributed by atoms with Crippen LogP contribution in [0.1, 0.15) is 35.7 Å². The Morgan fingerprint density at radius 1 is 1.39 bits per heavy atom. The van der Waals surface area contributed by atoms with Crippen LogP contribution >= 0.6 is 0 Å². The fourth-order valence-electron chi connectivity index (χ4n) is 2.22. The molecule has 0 radical (unpaired) electrons. The summed E-state index contributed by atoms with van der Waals surface area (Å²) in [5.74, 6) is -0.519. The highest BCUT2D eigenvalue weighted by Gasteiger charge is 2.24. The molecule has 0 saturated carbocycles. The minimum atomic E-state index is -0.300. The molecule has 2 amide bonds. The van der Waals surface area contributed by atoms with Crippen molar-refractivity contribution in [3.63, 3.8) is 0 Å². The number of hydrogen-bond donors (Lipinski definition) is 2. The van der Waals surface area contributed by atoms with E-state index < -0.39 is 0 Å². The predicted molar refractivity (Wildman–Crippen MR) is 69.3 cm³/mol. The maximum atomic E-state index is 12.0. The normalized spacial score (nSPS) is 18.6. The van der Waals surface area contributed by atoms with E-state index in [2.05, 4.69) is 10.6 Å². The van der Waals surface area contributed by atoms with Crippen molar-refractivity contribution in [2.75, 3.05) is 6.54 Å². The van der Waals surface area contributed by atoms with Gasteiger partial charge >= 0.3 is 0 Å². The van der Waals surface area contributed by atoms with Crippen LogP contribution in [-0.2, 0) is 11.2 Å². The van der Waals surface area contributed by atoms with Crippen molar-refractivity contribution in [2.24, 2.45) is 0 Å². The quantitative estimate of drug-likeness (QED) is 0.789. The summed E-state index contributed by atoms with van der Waals surface area (Å²) in [6, 6.07) is 7.15. The summed E-state index contributed by atoms with van der Waals surface area (Å²) in [5, 5.41) is 5.55. The van der Waals surface area contributed by atoms with Crippen molar-refractivity contribution in [1.82, 2.24) is 10.6 Å². The standard InChI is InChI=1S/C14H18N2O2/c1-2-10-6-3-4-7-11(10)13(17)16-14(18)12-8-5-9-15-12/h3-4,6-7,12,15H,2,5,8-9H2,1H3,(H,16,17,18). The second-order valence-electron chi connectivity index (χ2n) is 4.48. The van der Waals surface area contributed by atoms with Crippen LogP contribution in [0, 0.1) is 0 Å². The van der Waals surface area contributed by atoms with Gasteiger partial charge in [0.05, 0.1) is 6.04 Å². The number of benzene rings is 1. The van der Waals surface area contributed by atoms with Gasteiger partial charge in [-0.25, -0.2) is 0 Å². The molecule has 96 valence electrons. The van der Waals surface area contributed by atoms with Gasteiger partial charge in [-0.2, -0.15) is 0 Å². The molecule has 0 aliphatic carbocycles. The molecule has 2 rings (SSSR count).